The zero-order valence-electron chi connectivity index (χ0n) is 6.33. The molecule has 1 aromatic carbocycles. The molecule has 0 aliphatic heterocycles. The standard InChI is InChI=1S/C6H7BO2.BH2O2/c8-7(9)6-4-2-1-3-5-6;2-1-3/h1-5,8-9H;2-3H. The van der Waals surface area contributed by atoms with Gasteiger partial charge in [0.25, 0.3) is 0 Å². The van der Waals surface area contributed by atoms with Crippen LogP contribution in [0.25, 0.3) is 0 Å². The highest BCUT2D eigenvalue weighted by atomic mass is 16.4. The third-order valence-corrected chi connectivity index (χ3v) is 1.10. The predicted octanol–water partition coefficient (Wildman–Crippen LogP) is -2.13. The Morgan fingerprint density at radius 3 is 1.67 bits per heavy atom. The Labute approximate surface area is 71.6 Å². The SMILES string of the molecule is OB(O)c1ccccc1.O[B]O. The van der Waals surface area contributed by atoms with Gasteiger partial charge in [-0.25, -0.2) is 0 Å². The number of benzene rings is 1. The zero-order chi connectivity index (χ0) is 9.40. The van der Waals surface area contributed by atoms with Crippen LogP contribution in [0.3, 0.4) is 0 Å². The summed E-state index contributed by atoms with van der Waals surface area (Å²) in [5, 5.41) is 31.2. The fraction of sp³-hybridized carbons (Fsp3) is 0. The van der Waals surface area contributed by atoms with Crippen molar-refractivity contribution in [1.29, 1.82) is 0 Å². The largest absolute Gasteiger partial charge is 0.488 e. The third kappa shape index (κ3) is 4.92. The smallest absolute Gasteiger partial charge is 0.429 e. The zero-order valence-corrected chi connectivity index (χ0v) is 6.33. The van der Waals surface area contributed by atoms with E-state index in [0.717, 1.165) is 0 Å². The maximum absolute atomic E-state index is 8.58. The van der Waals surface area contributed by atoms with Crippen LogP contribution in [-0.4, -0.2) is 34.9 Å². The van der Waals surface area contributed by atoms with Crippen LogP contribution >= 0.6 is 0 Å². The van der Waals surface area contributed by atoms with Crippen LogP contribution in [0.5, 0.6) is 0 Å². The van der Waals surface area contributed by atoms with Crippen LogP contribution in [0.1, 0.15) is 0 Å². The molecule has 1 rings (SSSR count). The van der Waals surface area contributed by atoms with Crippen molar-refractivity contribution >= 4 is 20.3 Å². The fourth-order valence-corrected chi connectivity index (χ4v) is 0.625. The van der Waals surface area contributed by atoms with E-state index in [1.54, 1.807) is 24.3 Å². The van der Waals surface area contributed by atoms with E-state index in [9.17, 15) is 0 Å². The quantitative estimate of drug-likeness (QED) is 0.360. The van der Waals surface area contributed by atoms with E-state index in [2.05, 4.69) is 0 Å². The van der Waals surface area contributed by atoms with Gasteiger partial charge in [-0.2, -0.15) is 0 Å². The molecule has 0 amide bonds. The first-order valence-corrected chi connectivity index (χ1v) is 3.23. The van der Waals surface area contributed by atoms with Crippen LogP contribution in [-0.2, 0) is 0 Å². The Morgan fingerprint density at radius 2 is 1.42 bits per heavy atom. The molecule has 0 spiro atoms. The van der Waals surface area contributed by atoms with Crippen molar-refractivity contribution in [2.45, 2.75) is 0 Å². The van der Waals surface area contributed by atoms with Crippen LogP contribution in [0.15, 0.2) is 30.3 Å². The van der Waals surface area contributed by atoms with Gasteiger partial charge in [-0.05, 0) is 5.46 Å². The van der Waals surface area contributed by atoms with Gasteiger partial charge in [0, 0.05) is 0 Å². The molecule has 0 bridgehead atoms. The maximum atomic E-state index is 8.58. The van der Waals surface area contributed by atoms with Gasteiger partial charge < -0.3 is 20.1 Å². The summed E-state index contributed by atoms with van der Waals surface area (Å²) >= 11 is 0. The molecule has 0 aliphatic carbocycles. The molecular formula is C6H9B2O4. The predicted molar refractivity (Wildman–Crippen MR) is 46.5 cm³/mol. The van der Waals surface area contributed by atoms with Gasteiger partial charge in [-0.1, -0.05) is 30.3 Å². The molecule has 0 aromatic heterocycles. The molecule has 1 aromatic rings. The molecule has 63 valence electrons. The first kappa shape index (κ1) is 11.2. The minimum Gasteiger partial charge on any atom is -0.429 e. The second-order valence-electron chi connectivity index (χ2n) is 1.90. The minimum atomic E-state index is -1.34. The van der Waals surface area contributed by atoms with Crippen molar-refractivity contribution < 1.29 is 20.1 Å². The van der Waals surface area contributed by atoms with Gasteiger partial charge in [0.2, 0.25) is 0 Å². The topological polar surface area (TPSA) is 80.9 Å². The van der Waals surface area contributed by atoms with Crippen molar-refractivity contribution in [3.8, 4) is 0 Å². The molecule has 0 fully saturated rings. The highest BCUT2D eigenvalue weighted by Crippen LogP contribution is 1.82. The molecule has 4 nitrogen and oxygen atoms in total. The first-order valence-electron chi connectivity index (χ1n) is 3.23. The molecule has 1 radical (unpaired) electrons. The molecule has 6 heteroatoms. The summed E-state index contributed by atoms with van der Waals surface area (Å²) in [6.07, 6.45) is 0. The Balaban J connectivity index is 0.000000354. The van der Waals surface area contributed by atoms with E-state index in [4.69, 9.17) is 20.1 Å². The lowest BCUT2D eigenvalue weighted by atomic mass is 9.81. The van der Waals surface area contributed by atoms with Crippen molar-refractivity contribution in [2.24, 2.45) is 0 Å². The Morgan fingerprint density at radius 1 is 1.00 bits per heavy atom. The van der Waals surface area contributed by atoms with Gasteiger partial charge in [0.05, 0.1) is 0 Å². The summed E-state index contributed by atoms with van der Waals surface area (Å²) in [5.74, 6) is 0. The monoisotopic (exact) mass is 167 g/mol. The molecular weight excluding hydrogens is 158 g/mol. The Kier molecular flexibility index (Phi) is 6.41. The van der Waals surface area contributed by atoms with Gasteiger partial charge >= 0.3 is 14.8 Å². The van der Waals surface area contributed by atoms with Gasteiger partial charge in [0.1, 0.15) is 0 Å². The summed E-state index contributed by atoms with van der Waals surface area (Å²) in [6.45, 7) is 0. The Hall–Kier alpha value is -0.810. The van der Waals surface area contributed by atoms with Crippen molar-refractivity contribution in [2.75, 3.05) is 0 Å². The lowest BCUT2D eigenvalue weighted by Crippen LogP contribution is -2.29. The summed E-state index contributed by atoms with van der Waals surface area (Å²) in [5.41, 5.74) is 0.525. The Bertz CT molecular complexity index is 192. The first-order chi connectivity index (χ1) is 5.72. The summed E-state index contributed by atoms with van der Waals surface area (Å²) in [7, 11) is -1.34. The summed E-state index contributed by atoms with van der Waals surface area (Å²) in [6, 6.07) is 8.66. The second-order valence-corrected chi connectivity index (χ2v) is 1.90. The maximum Gasteiger partial charge on any atom is 0.488 e. The van der Waals surface area contributed by atoms with Crippen LogP contribution < -0.4 is 5.46 Å². The molecule has 12 heavy (non-hydrogen) atoms. The van der Waals surface area contributed by atoms with Gasteiger partial charge in [0.15, 0.2) is 0 Å². The molecule has 0 atom stereocenters. The second kappa shape index (κ2) is 6.87. The normalized spacial score (nSPS) is 8.00. The molecule has 4 N–H and O–H groups in total. The summed E-state index contributed by atoms with van der Waals surface area (Å²) in [4.78, 5) is 0. The number of hydrogen-bond donors (Lipinski definition) is 4. The number of hydrogen-bond acceptors (Lipinski definition) is 4. The lowest BCUT2D eigenvalue weighted by molar-refractivity contribution is 0.425. The molecule has 0 heterocycles. The average molecular weight is 167 g/mol. The van der Waals surface area contributed by atoms with Crippen LogP contribution in [0.4, 0.5) is 0 Å². The van der Waals surface area contributed by atoms with Crippen molar-refractivity contribution in [3.05, 3.63) is 30.3 Å². The van der Waals surface area contributed by atoms with E-state index in [-0.39, 0.29) is 7.69 Å². The lowest BCUT2D eigenvalue weighted by Gasteiger charge is -1.94. The molecule has 0 aliphatic rings. The molecule has 0 unspecified atom stereocenters. The van der Waals surface area contributed by atoms with Crippen LogP contribution in [0, 0.1) is 0 Å². The molecule has 0 saturated carbocycles. The van der Waals surface area contributed by atoms with Gasteiger partial charge in [-0.15, -0.1) is 0 Å². The minimum absolute atomic E-state index is 0. The van der Waals surface area contributed by atoms with Crippen LogP contribution in [0.2, 0.25) is 0 Å². The van der Waals surface area contributed by atoms with E-state index >= 15 is 0 Å². The van der Waals surface area contributed by atoms with Gasteiger partial charge in [-0.3, -0.25) is 0 Å². The highest BCUT2D eigenvalue weighted by molar-refractivity contribution is 6.58. The highest BCUT2D eigenvalue weighted by Gasteiger charge is 2.07. The van der Waals surface area contributed by atoms with Crippen molar-refractivity contribution in [3.63, 3.8) is 0 Å². The third-order valence-electron chi connectivity index (χ3n) is 1.10. The number of rotatable bonds is 1. The van der Waals surface area contributed by atoms with E-state index in [1.807, 2.05) is 6.07 Å². The fourth-order valence-electron chi connectivity index (χ4n) is 0.625. The average Bonchev–Trinajstić information content (AvgIpc) is 2.07. The molecule has 0 saturated heterocycles. The van der Waals surface area contributed by atoms with E-state index in [1.165, 1.54) is 0 Å². The van der Waals surface area contributed by atoms with Crippen molar-refractivity contribution in [1.82, 2.24) is 0 Å². The van der Waals surface area contributed by atoms with E-state index < -0.39 is 7.12 Å². The van der Waals surface area contributed by atoms with E-state index in [0.29, 0.717) is 5.46 Å². The summed E-state index contributed by atoms with van der Waals surface area (Å²) < 4.78 is 0.